The van der Waals surface area contributed by atoms with Gasteiger partial charge in [0.2, 0.25) is 11.8 Å². The summed E-state index contributed by atoms with van der Waals surface area (Å²) in [6.45, 7) is 4.22. The Labute approximate surface area is 238 Å². The lowest BCUT2D eigenvalue weighted by Crippen LogP contribution is -2.56. The molecule has 0 aliphatic carbocycles. The quantitative estimate of drug-likeness (QED) is 0.297. The molecule has 41 heavy (non-hydrogen) atoms. The first-order valence-corrected chi connectivity index (χ1v) is 14.2. The monoisotopic (exact) mass is 552 g/mol. The van der Waals surface area contributed by atoms with Crippen molar-refractivity contribution in [1.29, 1.82) is 0 Å². The molecule has 2 aliphatic heterocycles. The predicted octanol–water partition coefficient (Wildman–Crippen LogP) is 4.67. The molecule has 0 spiro atoms. The van der Waals surface area contributed by atoms with Crippen LogP contribution < -0.4 is 10.6 Å². The standard InChI is InChI=1S/C33H33FN4O3/c1-19(2)17-27(31(39)35-16-15-20-9-3-7-13-25(20)34)37-32(40)28-18-24-21-10-6-8-14-26(21)36-29(24)30-22-11-4-5-12-23(22)33(41)38(28)30/h3-14,19,27-28,30,36H,15-18H2,1-2H3,(H,35,39)(H,37,40)/t27-,28-,30+/m0/s1. The SMILES string of the molecule is CC(C)C[C@H](NC(=O)[C@@H]1Cc2c([nH]c3ccccc23)[C@H]2c3ccccc3C(=O)N21)C(=O)NCCc1ccccc1F. The summed E-state index contributed by atoms with van der Waals surface area (Å²) in [5.41, 5.74) is 4.88. The van der Waals surface area contributed by atoms with Crippen LogP contribution in [0.2, 0.25) is 0 Å². The molecule has 3 aromatic carbocycles. The summed E-state index contributed by atoms with van der Waals surface area (Å²) >= 11 is 0. The number of nitrogens with zero attached hydrogens (tertiary/aromatic N) is 1. The van der Waals surface area contributed by atoms with Gasteiger partial charge in [-0.1, -0.05) is 68.4 Å². The van der Waals surface area contributed by atoms with E-state index in [-0.39, 0.29) is 36.0 Å². The van der Waals surface area contributed by atoms with Gasteiger partial charge in [0.25, 0.3) is 5.91 Å². The summed E-state index contributed by atoms with van der Waals surface area (Å²) in [6, 6.07) is 19.9. The smallest absolute Gasteiger partial charge is 0.255 e. The van der Waals surface area contributed by atoms with Crippen molar-refractivity contribution in [2.24, 2.45) is 5.92 Å². The Morgan fingerprint density at radius 3 is 2.56 bits per heavy atom. The highest BCUT2D eigenvalue weighted by atomic mass is 19.1. The van der Waals surface area contributed by atoms with Gasteiger partial charge in [-0.3, -0.25) is 14.4 Å². The van der Waals surface area contributed by atoms with Gasteiger partial charge in [-0.2, -0.15) is 0 Å². The Bertz CT molecular complexity index is 1640. The number of halogens is 1. The minimum Gasteiger partial charge on any atom is -0.356 e. The fourth-order valence-corrected chi connectivity index (χ4v) is 6.25. The van der Waals surface area contributed by atoms with Gasteiger partial charge in [0.05, 0.1) is 6.04 Å². The van der Waals surface area contributed by atoms with Crippen molar-refractivity contribution in [2.45, 2.75) is 51.2 Å². The lowest BCUT2D eigenvalue weighted by Gasteiger charge is -2.37. The zero-order chi connectivity index (χ0) is 28.7. The van der Waals surface area contributed by atoms with E-state index in [1.54, 1.807) is 29.2 Å². The molecule has 0 saturated heterocycles. The summed E-state index contributed by atoms with van der Waals surface area (Å²) in [4.78, 5) is 46.1. The van der Waals surface area contributed by atoms with E-state index in [0.717, 1.165) is 27.7 Å². The molecule has 3 atom stereocenters. The summed E-state index contributed by atoms with van der Waals surface area (Å²) in [5, 5.41) is 6.88. The number of H-pyrrole nitrogens is 1. The molecule has 0 bridgehead atoms. The highest BCUT2D eigenvalue weighted by Gasteiger charge is 2.49. The number of para-hydroxylation sites is 1. The maximum atomic E-state index is 14.0. The molecule has 0 saturated carbocycles. The Hall–Kier alpha value is -4.46. The summed E-state index contributed by atoms with van der Waals surface area (Å²) in [5.74, 6) is -1.05. The second-order valence-corrected chi connectivity index (χ2v) is 11.3. The summed E-state index contributed by atoms with van der Waals surface area (Å²) in [6.07, 6.45) is 1.11. The topological polar surface area (TPSA) is 94.3 Å². The largest absolute Gasteiger partial charge is 0.356 e. The minimum atomic E-state index is -0.786. The van der Waals surface area contributed by atoms with Crippen LogP contribution in [0, 0.1) is 11.7 Å². The van der Waals surface area contributed by atoms with Gasteiger partial charge in [0, 0.05) is 35.1 Å². The highest BCUT2D eigenvalue weighted by molar-refractivity contribution is 6.04. The van der Waals surface area contributed by atoms with Crippen LogP contribution in [0.3, 0.4) is 0 Å². The van der Waals surface area contributed by atoms with Gasteiger partial charge < -0.3 is 20.5 Å². The van der Waals surface area contributed by atoms with Crippen molar-refractivity contribution < 1.29 is 18.8 Å². The van der Waals surface area contributed by atoms with Crippen molar-refractivity contribution in [3.05, 3.63) is 107 Å². The normalized spacial score (nSPS) is 18.1. The third-order valence-corrected chi connectivity index (χ3v) is 8.15. The number of benzene rings is 3. The van der Waals surface area contributed by atoms with Gasteiger partial charge in [0.15, 0.2) is 0 Å². The Balaban J connectivity index is 1.26. The number of carbonyl (C=O) groups excluding carboxylic acids is 3. The van der Waals surface area contributed by atoms with E-state index in [1.807, 2.05) is 56.3 Å². The van der Waals surface area contributed by atoms with Crippen LogP contribution in [0.25, 0.3) is 10.9 Å². The van der Waals surface area contributed by atoms with E-state index in [0.29, 0.717) is 30.4 Å². The van der Waals surface area contributed by atoms with Crippen LogP contribution >= 0.6 is 0 Å². The van der Waals surface area contributed by atoms with Crippen LogP contribution in [0.5, 0.6) is 0 Å². The second kappa shape index (κ2) is 10.8. The molecule has 0 fully saturated rings. The van der Waals surface area contributed by atoms with Crippen LogP contribution in [0.15, 0.2) is 72.8 Å². The lowest BCUT2D eigenvalue weighted by molar-refractivity contribution is -0.132. The number of aromatic nitrogens is 1. The van der Waals surface area contributed by atoms with E-state index in [1.165, 1.54) is 6.07 Å². The second-order valence-electron chi connectivity index (χ2n) is 11.3. The molecule has 0 unspecified atom stereocenters. The predicted molar refractivity (Wildman–Crippen MR) is 155 cm³/mol. The average molecular weight is 553 g/mol. The van der Waals surface area contributed by atoms with Crippen molar-refractivity contribution in [3.63, 3.8) is 0 Å². The lowest BCUT2D eigenvalue weighted by atomic mass is 9.89. The third kappa shape index (κ3) is 4.88. The first-order valence-electron chi connectivity index (χ1n) is 14.2. The van der Waals surface area contributed by atoms with E-state index < -0.39 is 18.1 Å². The van der Waals surface area contributed by atoms with Gasteiger partial charge in [0.1, 0.15) is 17.9 Å². The third-order valence-electron chi connectivity index (χ3n) is 8.15. The van der Waals surface area contributed by atoms with Crippen LogP contribution in [-0.4, -0.2) is 46.2 Å². The number of hydrogen-bond acceptors (Lipinski definition) is 3. The molecule has 0 radical (unpaired) electrons. The maximum absolute atomic E-state index is 14.0. The zero-order valence-electron chi connectivity index (χ0n) is 23.1. The van der Waals surface area contributed by atoms with E-state index in [4.69, 9.17) is 0 Å². The van der Waals surface area contributed by atoms with Gasteiger partial charge >= 0.3 is 0 Å². The van der Waals surface area contributed by atoms with Crippen LogP contribution in [0.1, 0.15) is 59.1 Å². The summed E-state index contributed by atoms with van der Waals surface area (Å²) < 4.78 is 14.0. The molecule has 2 aliphatic rings. The minimum absolute atomic E-state index is 0.134. The van der Waals surface area contributed by atoms with Crippen molar-refractivity contribution in [1.82, 2.24) is 20.5 Å². The van der Waals surface area contributed by atoms with E-state index in [2.05, 4.69) is 15.6 Å². The Morgan fingerprint density at radius 1 is 1.02 bits per heavy atom. The number of fused-ring (bicyclic) bond motifs is 7. The fraction of sp³-hybridized carbons (Fsp3) is 0.303. The first kappa shape index (κ1) is 26.7. The molecule has 3 heterocycles. The van der Waals surface area contributed by atoms with Crippen molar-refractivity contribution in [3.8, 4) is 0 Å². The molecule has 6 rings (SSSR count). The fourth-order valence-electron chi connectivity index (χ4n) is 6.25. The number of hydrogen-bond donors (Lipinski definition) is 3. The highest BCUT2D eigenvalue weighted by Crippen LogP contribution is 2.46. The average Bonchev–Trinajstić information content (AvgIpc) is 3.48. The number of aromatic amines is 1. The van der Waals surface area contributed by atoms with Crippen LogP contribution in [-0.2, 0) is 22.4 Å². The van der Waals surface area contributed by atoms with Gasteiger partial charge in [-0.05, 0) is 53.6 Å². The zero-order valence-corrected chi connectivity index (χ0v) is 23.1. The van der Waals surface area contributed by atoms with Crippen molar-refractivity contribution in [2.75, 3.05) is 6.54 Å². The van der Waals surface area contributed by atoms with Gasteiger partial charge in [-0.25, -0.2) is 4.39 Å². The van der Waals surface area contributed by atoms with Crippen molar-refractivity contribution >= 4 is 28.6 Å². The number of rotatable bonds is 8. The molecule has 1 aromatic heterocycles. The molecule has 3 N–H and O–H groups in total. The number of amides is 3. The molecular weight excluding hydrogens is 519 g/mol. The van der Waals surface area contributed by atoms with Gasteiger partial charge in [-0.15, -0.1) is 0 Å². The summed E-state index contributed by atoms with van der Waals surface area (Å²) in [7, 11) is 0. The van der Waals surface area contributed by atoms with E-state index >= 15 is 0 Å². The maximum Gasteiger partial charge on any atom is 0.255 e. The molecule has 210 valence electrons. The first-order chi connectivity index (χ1) is 19.8. The molecular formula is C33H33FN4O3. The Morgan fingerprint density at radius 2 is 1.76 bits per heavy atom. The van der Waals surface area contributed by atoms with E-state index in [9.17, 15) is 18.8 Å². The molecule has 8 heteroatoms. The number of carbonyl (C=O) groups is 3. The number of nitrogens with one attached hydrogen (secondary N) is 3. The van der Waals surface area contributed by atoms with Crippen LogP contribution in [0.4, 0.5) is 4.39 Å². The molecule has 7 nitrogen and oxygen atoms in total. The Kier molecular flexibility index (Phi) is 7.07. The molecule has 4 aromatic rings. The molecule has 3 amide bonds.